The summed E-state index contributed by atoms with van der Waals surface area (Å²) in [6, 6.07) is 9.65. The average Bonchev–Trinajstić information content (AvgIpc) is 2.63. The molecule has 0 bridgehead atoms. The van der Waals surface area contributed by atoms with Gasteiger partial charge in [-0.2, -0.15) is 0 Å². The number of hydrogen-bond donors (Lipinski definition) is 2. The Morgan fingerprint density at radius 2 is 1.56 bits per heavy atom. The Morgan fingerprint density at radius 1 is 0.960 bits per heavy atom. The molecule has 25 heavy (non-hydrogen) atoms. The van der Waals surface area contributed by atoms with Crippen molar-refractivity contribution in [3.05, 3.63) is 35.9 Å². The third-order valence-electron chi connectivity index (χ3n) is 4.23. The Bertz CT molecular complexity index is 505. The highest BCUT2D eigenvalue weighted by Crippen LogP contribution is 2.07. The Labute approximate surface area is 151 Å². The van der Waals surface area contributed by atoms with E-state index in [0.717, 1.165) is 31.2 Å². The predicted molar refractivity (Wildman–Crippen MR) is 100 cm³/mol. The van der Waals surface area contributed by atoms with E-state index in [1.54, 1.807) is 0 Å². The summed E-state index contributed by atoms with van der Waals surface area (Å²) < 4.78 is 5.27. The normalized spacial score (nSPS) is 12.9. The quantitative estimate of drug-likeness (QED) is 0.590. The van der Waals surface area contributed by atoms with Crippen LogP contribution >= 0.6 is 0 Å². The van der Waals surface area contributed by atoms with Gasteiger partial charge in [0.05, 0.1) is 0 Å². The van der Waals surface area contributed by atoms with Crippen molar-refractivity contribution in [2.75, 3.05) is 0 Å². The fourth-order valence-corrected chi connectivity index (χ4v) is 2.62. The van der Waals surface area contributed by atoms with Gasteiger partial charge in [-0.3, -0.25) is 4.79 Å². The van der Waals surface area contributed by atoms with Crippen LogP contribution in [0.15, 0.2) is 30.3 Å². The van der Waals surface area contributed by atoms with Gasteiger partial charge in [-0.1, -0.05) is 57.5 Å². The second-order valence-electron chi connectivity index (χ2n) is 6.30. The van der Waals surface area contributed by atoms with E-state index in [4.69, 9.17) is 4.74 Å². The molecule has 0 heterocycles. The molecular weight excluding hydrogens is 316 g/mol. The zero-order valence-electron chi connectivity index (χ0n) is 15.7. The Morgan fingerprint density at radius 3 is 2.12 bits per heavy atom. The highest BCUT2D eigenvalue weighted by molar-refractivity contribution is 5.74. The van der Waals surface area contributed by atoms with Gasteiger partial charge in [0.15, 0.2) is 0 Å². The van der Waals surface area contributed by atoms with Gasteiger partial charge in [-0.15, -0.1) is 0 Å². The zero-order valence-corrected chi connectivity index (χ0v) is 15.7. The maximum absolute atomic E-state index is 12.1. The van der Waals surface area contributed by atoms with E-state index >= 15 is 0 Å². The van der Waals surface area contributed by atoms with Crippen LogP contribution in [0.5, 0.6) is 0 Å². The number of hydrogen-bond acceptors (Lipinski definition) is 3. The summed E-state index contributed by atoms with van der Waals surface area (Å²) in [5.41, 5.74) is 0.974. The summed E-state index contributed by atoms with van der Waals surface area (Å²) in [4.78, 5) is 24.0. The molecule has 2 unspecified atom stereocenters. The maximum Gasteiger partial charge on any atom is 0.315 e. The van der Waals surface area contributed by atoms with Crippen molar-refractivity contribution in [1.82, 2.24) is 10.6 Å². The third-order valence-corrected chi connectivity index (χ3v) is 4.23. The minimum absolute atomic E-state index is 0.0246. The Hall–Kier alpha value is -2.04. The van der Waals surface area contributed by atoms with E-state index in [-0.39, 0.29) is 24.1 Å². The predicted octanol–water partition coefficient (Wildman–Crippen LogP) is 4.17. The van der Waals surface area contributed by atoms with Crippen LogP contribution in [0.2, 0.25) is 0 Å². The maximum atomic E-state index is 12.1. The van der Waals surface area contributed by atoms with Crippen LogP contribution in [0, 0.1) is 0 Å². The van der Waals surface area contributed by atoms with Crippen molar-refractivity contribution >= 4 is 12.0 Å². The summed E-state index contributed by atoms with van der Waals surface area (Å²) >= 11 is 0. The molecule has 1 aromatic carbocycles. The molecule has 0 aliphatic rings. The standard InChI is InChI=1S/C20H32N2O3/c1-4-10-17(5-2)21-20(24)22-18(6-3)13-14-19(23)25-15-16-11-8-7-9-12-16/h7-9,11-12,17-18H,4-6,10,13-15H2,1-3H3,(H2,21,22,24). The highest BCUT2D eigenvalue weighted by atomic mass is 16.5. The fourth-order valence-electron chi connectivity index (χ4n) is 2.62. The summed E-state index contributed by atoms with van der Waals surface area (Å²) in [5, 5.41) is 5.96. The molecule has 0 aromatic heterocycles. The molecular formula is C20H32N2O3. The van der Waals surface area contributed by atoms with Crippen molar-refractivity contribution in [2.24, 2.45) is 0 Å². The molecule has 0 spiro atoms. The molecule has 0 aliphatic heterocycles. The van der Waals surface area contributed by atoms with E-state index < -0.39 is 0 Å². The summed E-state index contributed by atoms with van der Waals surface area (Å²) in [7, 11) is 0. The number of amides is 2. The first kappa shape index (κ1) is 21.0. The van der Waals surface area contributed by atoms with Gasteiger partial charge >= 0.3 is 12.0 Å². The monoisotopic (exact) mass is 348 g/mol. The number of carbonyl (C=O) groups excluding carboxylic acids is 2. The lowest BCUT2D eigenvalue weighted by Crippen LogP contribution is -2.46. The van der Waals surface area contributed by atoms with Crippen LogP contribution < -0.4 is 10.6 Å². The van der Waals surface area contributed by atoms with Gasteiger partial charge in [0.25, 0.3) is 0 Å². The summed E-state index contributed by atoms with van der Waals surface area (Å²) in [6.07, 6.45) is 4.61. The van der Waals surface area contributed by atoms with Crippen LogP contribution in [-0.2, 0) is 16.1 Å². The van der Waals surface area contributed by atoms with E-state index in [2.05, 4.69) is 24.5 Å². The van der Waals surface area contributed by atoms with Gasteiger partial charge in [-0.05, 0) is 31.2 Å². The minimum atomic E-state index is -0.234. The first-order valence-electron chi connectivity index (χ1n) is 9.35. The SMILES string of the molecule is CCCC(CC)NC(=O)NC(CC)CCC(=O)OCc1ccccc1. The molecule has 0 fully saturated rings. The fraction of sp³-hybridized carbons (Fsp3) is 0.600. The van der Waals surface area contributed by atoms with E-state index in [1.807, 2.05) is 37.3 Å². The zero-order chi connectivity index (χ0) is 18.5. The van der Waals surface area contributed by atoms with Gasteiger partial charge < -0.3 is 15.4 Å². The van der Waals surface area contributed by atoms with Crippen LogP contribution in [0.1, 0.15) is 64.9 Å². The second kappa shape index (κ2) is 12.3. The smallest absolute Gasteiger partial charge is 0.315 e. The van der Waals surface area contributed by atoms with Crippen molar-refractivity contribution in [2.45, 2.75) is 78.0 Å². The Balaban J connectivity index is 2.30. The minimum Gasteiger partial charge on any atom is -0.461 e. The van der Waals surface area contributed by atoms with Gasteiger partial charge in [0.2, 0.25) is 0 Å². The molecule has 0 aliphatic carbocycles. The molecule has 0 saturated carbocycles. The molecule has 5 nitrogen and oxygen atoms in total. The molecule has 140 valence electrons. The van der Waals surface area contributed by atoms with E-state index in [0.29, 0.717) is 19.4 Å². The molecule has 0 saturated heterocycles. The molecule has 1 rings (SSSR count). The number of rotatable bonds is 11. The molecule has 2 amide bonds. The van der Waals surface area contributed by atoms with Crippen molar-refractivity contribution in [1.29, 1.82) is 0 Å². The number of esters is 1. The lowest BCUT2D eigenvalue weighted by atomic mass is 10.1. The van der Waals surface area contributed by atoms with E-state index in [1.165, 1.54) is 0 Å². The lowest BCUT2D eigenvalue weighted by molar-refractivity contribution is -0.145. The second-order valence-corrected chi connectivity index (χ2v) is 6.30. The number of urea groups is 1. The van der Waals surface area contributed by atoms with Gasteiger partial charge in [0.1, 0.15) is 6.61 Å². The number of carbonyl (C=O) groups is 2. The number of nitrogens with one attached hydrogen (secondary N) is 2. The van der Waals surface area contributed by atoms with Crippen molar-refractivity contribution in [3.8, 4) is 0 Å². The third kappa shape index (κ3) is 9.13. The van der Waals surface area contributed by atoms with Crippen LogP contribution in [0.3, 0.4) is 0 Å². The van der Waals surface area contributed by atoms with Crippen LogP contribution in [0.4, 0.5) is 4.79 Å². The summed E-state index contributed by atoms with van der Waals surface area (Å²) in [5.74, 6) is -0.234. The van der Waals surface area contributed by atoms with E-state index in [9.17, 15) is 9.59 Å². The largest absolute Gasteiger partial charge is 0.461 e. The van der Waals surface area contributed by atoms with Gasteiger partial charge in [-0.25, -0.2) is 4.79 Å². The molecule has 0 radical (unpaired) electrons. The topological polar surface area (TPSA) is 67.4 Å². The average molecular weight is 348 g/mol. The van der Waals surface area contributed by atoms with Gasteiger partial charge in [0, 0.05) is 18.5 Å². The highest BCUT2D eigenvalue weighted by Gasteiger charge is 2.15. The van der Waals surface area contributed by atoms with Crippen LogP contribution in [-0.4, -0.2) is 24.1 Å². The Kier molecular flexibility index (Phi) is 10.4. The van der Waals surface area contributed by atoms with Crippen LogP contribution in [0.25, 0.3) is 0 Å². The molecule has 2 N–H and O–H groups in total. The number of ether oxygens (including phenoxy) is 1. The molecule has 1 aromatic rings. The first-order valence-corrected chi connectivity index (χ1v) is 9.35. The number of benzene rings is 1. The van der Waals surface area contributed by atoms with Crippen molar-refractivity contribution in [3.63, 3.8) is 0 Å². The first-order chi connectivity index (χ1) is 12.1. The lowest BCUT2D eigenvalue weighted by Gasteiger charge is -2.21. The van der Waals surface area contributed by atoms with Crippen molar-refractivity contribution < 1.29 is 14.3 Å². The summed E-state index contributed by atoms with van der Waals surface area (Å²) in [6.45, 7) is 6.47. The molecule has 2 atom stereocenters. The molecule has 5 heteroatoms.